The Morgan fingerprint density at radius 3 is 3.00 bits per heavy atom. The van der Waals surface area contributed by atoms with Crippen LogP contribution < -0.4 is 5.73 Å². The van der Waals surface area contributed by atoms with Gasteiger partial charge in [0.1, 0.15) is 12.4 Å². The van der Waals surface area contributed by atoms with Crippen LogP contribution in [0, 0.1) is 11.8 Å². The number of nitrogens with one attached hydrogen (secondary N) is 1. The van der Waals surface area contributed by atoms with Crippen molar-refractivity contribution in [3.8, 4) is 0 Å². The zero-order valence-electron chi connectivity index (χ0n) is 14.0. The Balaban J connectivity index is 1.49. The van der Waals surface area contributed by atoms with Gasteiger partial charge >= 0.3 is 0 Å². The predicted molar refractivity (Wildman–Crippen MR) is 90.0 cm³/mol. The summed E-state index contributed by atoms with van der Waals surface area (Å²) in [5.41, 5.74) is 7.02. The Morgan fingerprint density at radius 2 is 2.25 bits per heavy atom. The number of H-pyrrole nitrogens is 1. The van der Waals surface area contributed by atoms with Crippen molar-refractivity contribution in [2.75, 3.05) is 25.9 Å². The monoisotopic (exact) mass is 328 g/mol. The normalized spacial score (nSPS) is 24.5. The molecule has 0 amide bonds. The molecule has 4 rings (SSSR count). The molecule has 0 bridgehead atoms. The minimum Gasteiger partial charge on any atom is -0.384 e. The van der Waals surface area contributed by atoms with E-state index in [4.69, 9.17) is 10.5 Å². The lowest BCUT2D eigenvalue weighted by Gasteiger charge is -2.15. The fraction of sp³-hybridized carbons (Fsp3) is 0.588. The van der Waals surface area contributed by atoms with Crippen LogP contribution in [0.1, 0.15) is 36.0 Å². The molecule has 0 spiro atoms. The molecule has 1 saturated carbocycles. The number of nitrogen functional groups attached to an aromatic ring is 1. The number of nitrogens with two attached hydrogens (primary N) is 1. The first-order chi connectivity index (χ1) is 11.7. The number of hydrogen-bond acceptors (Lipinski definition) is 6. The number of hydrogen-bond donors (Lipinski definition) is 2. The first-order valence-corrected chi connectivity index (χ1v) is 8.56. The number of likely N-dealkylation sites (tertiary alicyclic amines) is 1. The van der Waals surface area contributed by atoms with Crippen molar-refractivity contribution >= 4 is 5.82 Å². The number of ether oxygens (including phenoxy) is 1. The molecule has 7 nitrogen and oxygen atoms in total. The SMILES string of the molecule is COCc1nc([C@H]2CN(Cc3ccnc(N)c3)C[C@@H]2C2CC2)n[nH]1. The summed E-state index contributed by atoms with van der Waals surface area (Å²) < 4.78 is 5.14. The number of methoxy groups -OCH3 is 1. The lowest BCUT2D eigenvalue weighted by atomic mass is 9.91. The molecule has 2 aliphatic rings. The van der Waals surface area contributed by atoms with Crippen molar-refractivity contribution < 1.29 is 4.74 Å². The van der Waals surface area contributed by atoms with E-state index in [2.05, 4.69) is 25.1 Å². The quantitative estimate of drug-likeness (QED) is 0.836. The van der Waals surface area contributed by atoms with Crippen LogP contribution in [-0.2, 0) is 17.9 Å². The van der Waals surface area contributed by atoms with Gasteiger partial charge in [-0.3, -0.25) is 10.00 Å². The van der Waals surface area contributed by atoms with E-state index >= 15 is 0 Å². The molecule has 3 N–H and O–H groups in total. The standard InChI is InChI=1S/C17H24N6O/c1-24-10-16-20-17(22-21-16)14-9-23(8-13(14)12-2-3-12)7-11-4-5-19-15(18)6-11/h4-6,12-14H,2-3,7-10H2,1H3,(H2,18,19)(H,20,21,22)/t13-,14+/m1/s1. The van der Waals surface area contributed by atoms with Crippen molar-refractivity contribution in [1.29, 1.82) is 0 Å². The third kappa shape index (κ3) is 3.27. The highest BCUT2D eigenvalue weighted by molar-refractivity contribution is 5.31. The second-order valence-electron chi connectivity index (χ2n) is 6.96. The average Bonchev–Trinajstić information content (AvgIpc) is 3.16. The Morgan fingerprint density at radius 1 is 1.38 bits per heavy atom. The van der Waals surface area contributed by atoms with Crippen LogP contribution in [0.3, 0.4) is 0 Å². The Bertz CT molecular complexity index is 698. The highest BCUT2D eigenvalue weighted by Gasteiger charge is 2.44. The van der Waals surface area contributed by atoms with Crippen molar-refractivity contribution in [1.82, 2.24) is 25.1 Å². The molecule has 2 aromatic rings. The summed E-state index contributed by atoms with van der Waals surface area (Å²) in [5.74, 6) is 4.21. The first-order valence-electron chi connectivity index (χ1n) is 8.56. The van der Waals surface area contributed by atoms with Crippen LogP contribution in [0.25, 0.3) is 0 Å². The molecule has 0 unspecified atom stereocenters. The minimum atomic E-state index is 0.401. The third-order valence-electron chi connectivity index (χ3n) is 5.08. The predicted octanol–water partition coefficient (Wildman–Crippen LogP) is 1.55. The summed E-state index contributed by atoms with van der Waals surface area (Å²) in [6.45, 7) is 3.48. The maximum atomic E-state index is 5.80. The number of anilines is 1. The second kappa shape index (κ2) is 6.49. The number of pyridine rings is 1. The van der Waals surface area contributed by atoms with Crippen LogP contribution >= 0.6 is 0 Å². The van der Waals surface area contributed by atoms with Gasteiger partial charge in [0.25, 0.3) is 0 Å². The van der Waals surface area contributed by atoms with Gasteiger partial charge in [-0.15, -0.1) is 0 Å². The lowest BCUT2D eigenvalue weighted by Crippen LogP contribution is -2.20. The fourth-order valence-corrected chi connectivity index (χ4v) is 3.85. The van der Waals surface area contributed by atoms with Crippen molar-refractivity contribution in [2.24, 2.45) is 11.8 Å². The van der Waals surface area contributed by atoms with Gasteiger partial charge in [-0.05, 0) is 42.4 Å². The van der Waals surface area contributed by atoms with Crippen LogP contribution in [0.4, 0.5) is 5.82 Å². The summed E-state index contributed by atoms with van der Waals surface area (Å²) in [5, 5.41) is 7.47. The van der Waals surface area contributed by atoms with Crippen LogP contribution in [0.5, 0.6) is 0 Å². The molecule has 128 valence electrons. The van der Waals surface area contributed by atoms with E-state index in [1.807, 2.05) is 12.1 Å². The summed E-state index contributed by atoms with van der Waals surface area (Å²) in [6, 6.07) is 4.00. The molecular formula is C17H24N6O. The summed E-state index contributed by atoms with van der Waals surface area (Å²) in [7, 11) is 1.67. The number of nitrogens with zero attached hydrogens (tertiary/aromatic N) is 4. The van der Waals surface area contributed by atoms with Crippen LogP contribution in [0.15, 0.2) is 18.3 Å². The van der Waals surface area contributed by atoms with E-state index in [1.165, 1.54) is 18.4 Å². The molecule has 1 saturated heterocycles. The molecule has 0 aromatic carbocycles. The zero-order chi connectivity index (χ0) is 16.5. The van der Waals surface area contributed by atoms with Gasteiger partial charge in [0, 0.05) is 38.9 Å². The number of aromatic amines is 1. The summed E-state index contributed by atoms with van der Waals surface area (Å²) in [4.78, 5) is 11.2. The van der Waals surface area contributed by atoms with Crippen molar-refractivity contribution in [3.05, 3.63) is 35.5 Å². The maximum Gasteiger partial charge on any atom is 0.155 e. The van der Waals surface area contributed by atoms with Gasteiger partial charge in [0.15, 0.2) is 11.6 Å². The molecule has 1 aliphatic heterocycles. The largest absolute Gasteiger partial charge is 0.384 e. The second-order valence-corrected chi connectivity index (χ2v) is 6.96. The van der Waals surface area contributed by atoms with E-state index < -0.39 is 0 Å². The van der Waals surface area contributed by atoms with Crippen molar-refractivity contribution in [2.45, 2.75) is 31.9 Å². The third-order valence-corrected chi connectivity index (χ3v) is 5.08. The van der Waals surface area contributed by atoms with Gasteiger partial charge in [-0.2, -0.15) is 5.10 Å². The highest BCUT2D eigenvalue weighted by Crippen LogP contribution is 2.47. The zero-order valence-corrected chi connectivity index (χ0v) is 14.0. The first kappa shape index (κ1) is 15.5. The van der Waals surface area contributed by atoms with E-state index in [0.717, 1.165) is 37.2 Å². The van der Waals surface area contributed by atoms with E-state index in [-0.39, 0.29) is 0 Å². The molecule has 2 fully saturated rings. The molecule has 24 heavy (non-hydrogen) atoms. The summed E-state index contributed by atoms with van der Waals surface area (Å²) in [6.07, 6.45) is 4.46. The number of rotatable bonds is 6. The van der Waals surface area contributed by atoms with Gasteiger partial charge in [-0.1, -0.05) is 0 Å². The van der Waals surface area contributed by atoms with Crippen LogP contribution in [-0.4, -0.2) is 45.3 Å². The highest BCUT2D eigenvalue weighted by atomic mass is 16.5. The molecule has 0 radical (unpaired) electrons. The van der Waals surface area contributed by atoms with E-state index in [0.29, 0.717) is 24.3 Å². The van der Waals surface area contributed by atoms with Crippen LogP contribution in [0.2, 0.25) is 0 Å². The fourth-order valence-electron chi connectivity index (χ4n) is 3.85. The molecule has 1 aliphatic carbocycles. The van der Waals surface area contributed by atoms with Gasteiger partial charge in [0.2, 0.25) is 0 Å². The van der Waals surface area contributed by atoms with Gasteiger partial charge < -0.3 is 10.5 Å². The Labute approximate surface area is 141 Å². The molecular weight excluding hydrogens is 304 g/mol. The van der Waals surface area contributed by atoms with Crippen molar-refractivity contribution in [3.63, 3.8) is 0 Å². The van der Waals surface area contributed by atoms with E-state index in [1.54, 1.807) is 13.3 Å². The average molecular weight is 328 g/mol. The molecule has 3 heterocycles. The smallest absolute Gasteiger partial charge is 0.155 e. The minimum absolute atomic E-state index is 0.401. The lowest BCUT2D eigenvalue weighted by molar-refractivity contribution is 0.178. The Kier molecular flexibility index (Phi) is 4.20. The Hall–Kier alpha value is -1.99. The van der Waals surface area contributed by atoms with E-state index in [9.17, 15) is 0 Å². The molecule has 2 aromatic heterocycles. The number of aromatic nitrogens is 4. The van der Waals surface area contributed by atoms with Gasteiger partial charge in [0.05, 0.1) is 0 Å². The summed E-state index contributed by atoms with van der Waals surface area (Å²) >= 11 is 0. The van der Waals surface area contributed by atoms with Gasteiger partial charge in [-0.25, -0.2) is 9.97 Å². The molecule has 2 atom stereocenters. The topological polar surface area (TPSA) is 92.9 Å². The molecule has 7 heteroatoms. The maximum absolute atomic E-state index is 5.80.